The highest BCUT2D eigenvalue weighted by Gasteiger charge is 2.21. The van der Waals surface area contributed by atoms with Crippen LogP contribution < -0.4 is 15.8 Å². The van der Waals surface area contributed by atoms with Crippen molar-refractivity contribution in [3.8, 4) is 11.4 Å². The molecule has 0 bridgehead atoms. The normalized spacial score (nSPS) is 11.1. The van der Waals surface area contributed by atoms with Gasteiger partial charge in [0.1, 0.15) is 11.6 Å². The number of nitrogens with one attached hydrogen (secondary N) is 1. The van der Waals surface area contributed by atoms with Gasteiger partial charge in [-0.3, -0.25) is 9.59 Å². The van der Waals surface area contributed by atoms with E-state index < -0.39 is 5.91 Å². The molecule has 0 saturated heterocycles. The second kappa shape index (κ2) is 8.18. The number of para-hydroxylation sites is 2. The Bertz CT molecular complexity index is 1020. The van der Waals surface area contributed by atoms with E-state index in [1.807, 2.05) is 36.4 Å². The van der Waals surface area contributed by atoms with E-state index in [-0.39, 0.29) is 29.2 Å². The fourth-order valence-corrected chi connectivity index (χ4v) is 2.72. The van der Waals surface area contributed by atoms with Crippen LogP contribution >= 0.6 is 0 Å². The molecule has 0 aliphatic heterocycles. The predicted molar refractivity (Wildman–Crippen MR) is 111 cm³/mol. The maximum Gasteiger partial charge on any atom is 0.263 e. The van der Waals surface area contributed by atoms with Crippen LogP contribution in [-0.2, 0) is 10.2 Å². The molecule has 3 N–H and O–H groups in total. The van der Waals surface area contributed by atoms with Crippen LogP contribution in [-0.4, -0.2) is 28.2 Å². The smallest absolute Gasteiger partial charge is 0.263 e. The molecule has 0 saturated carbocycles. The molecular weight excluding hydrogens is 368 g/mol. The number of amides is 2. The molecule has 1 aromatic heterocycles. The molecule has 0 fully saturated rings. The first kappa shape index (κ1) is 20.1. The number of aromatic nitrogens is 2. The minimum absolute atomic E-state index is 0.184. The molecule has 0 atom stereocenters. The summed E-state index contributed by atoms with van der Waals surface area (Å²) in [7, 11) is 0. The van der Waals surface area contributed by atoms with E-state index in [0.29, 0.717) is 5.82 Å². The van der Waals surface area contributed by atoms with E-state index >= 15 is 0 Å². The summed E-state index contributed by atoms with van der Waals surface area (Å²) in [4.78, 5) is 24.0. The fourth-order valence-electron chi connectivity index (χ4n) is 2.72. The van der Waals surface area contributed by atoms with Gasteiger partial charge in [-0.15, -0.1) is 0 Å². The highest BCUT2D eigenvalue weighted by molar-refractivity contribution is 5.96. The van der Waals surface area contributed by atoms with Crippen LogP contribution in [0.15, 0.2) is 60.7 Å². The van der Waals surface area contributed by atoms with Gasteiger partial charge in [0.15, 0.2) is 6.61 Å². The summed E-state index contributed by atoms with van der Waals surface area (Å²) in [5, 5.41) is 7.50. The third-order valence-electron chi connectivity index (χ3n) is 4.26. The largest absolute Gasteiger partial charge is 0.483 e. The highest BCUT2D eigenvalue weighted by Crippen LogP contribution is 2.26. The van der Waals surface area contributed by atoms with Gasteiger partial charge in [-0.1, -0.05) is 51.1 Å². The molecule has 3 aromatic rings. The molecule has 2 aromatic carbocycles. The number of benzene rings is 2. The Morgan fingerprint density at radius 2 is 1.72 bits per heavy atom. The Morgan fingerprint density at radius 1 is 1.07 bits per heavy atom. The van der Waals surface area contributed by atoms with Gasteiger partial charge in [-0.25, -0.2) is 4.68 Å². The first-order valence-electron chi connectivity index (χ1n) is 9.23. The Morgan fingerprint density at radius 3 is 2.38 bits per heavy atom. The fraction of sp³-hybridized carbons (Fsp3) is 0.227. The SMILES string of the molecule is CC(C)(C)c1cc(NC(=O)COc2ccccc2C(N)=O)n(-c2ccccc2)n1. The molecule has 0 aliphatic carbocycles. The molecule has 7 heteroatoms. The first-order valence-corrected chi connectivity index (χ1v) is 9.23. The summed E-state index contributed by atoms with van der Waals surface area (Å²) in [6.45, 7) is 5.90. The van der Waals surface area contributed by atoms with Crippen molar-refractivity contribution in [2.24, 2.45) is 5.73 Å². The van der Waals surface area contributed by atoms with Gasteiger partial charge in [0.05, 0.1) is 16.9 Å². The highest BCUT2D eigenvalue weighted by atomic mass is 16.5. The van der Waals surface area contributed by atoms with E-state index in [0.717, 1.165) is 11.4 Å². The van der Waals surface area contributed by atoms with Crippen molar-refractivity contribution < 1.29 is 14.3 Å². The molecule has 0 spiro atoms. The maximum absolute atomic E-state index is 12.5. The number of ether oxygens (including phenoxy) is 1. The van der Waals surface area contributed by atoms with Crippen LogP contribution in [0.1, 0.15) is 36.8 Å². The second-order valence-electron chi connectivity index (χ2n) is 7.61. The molecule has 0 aliphatic rings. The molecule has 1 heterocycles. The summed E-state index contributed by atoms with van der Waals surface area (Å²) in [5.41, 5.74) is 7.06. The van der Waals surface area contributed by atoms with Gasteiger partial charge in [-0.2, -0.15) is 5.10 Å². The van der Waals surface area contributed by atoms with E-state index in [1.165, 1.54) is 0 Å². The monoisotopic (exact) mass is 392 g/mol. The third-order valence-corrected chi connectivity index (χ3v) is 4.26. The predicted octanol–water partition coefficient (Wildman–Crippen LogP) is 3.29. The van der Waals surface area contributed by atoms with Crippen LogP contribution in [0.25, 0.3) is 5.69 Å². The van der Waals surface area contributed by atoms with Crippen molar-refractivity contribution >= 4 is 17.6 Å². The number of hydrogen-bond donors (Lipinski definition) is 2. The summed E-state index contributed by atoms with van der Waals surface area (Å²) < 4.78 is 7.20. The molecule has 0 unspecified atom stereocenters. The average Bonchev–Trinajstić information content (AvgIpc) is 3.11. The van der Waals surface area contributed by atoms with Gasteiger partial charge >= 0.3 is 0 Å². The standard InChI is InChI=1S/C22H24N4O3/c1-22(2,3)18-13-19(26(25-18)15-9-5-4-6-10-15)24-20(27)14-29-17-12-8-7-11-16(17)21(23)28/h4-13H,14H2,1-3H3,(H2,23,28)(H,24,27). The van der Waals surface area contributed by atoms with Crippen molar-refractivity contribution in [3.05, 3.63) is 71.9 Å². The summed E-state index contributed by atoms with van der Waals surface area (Å²) >= 11 is 0. The zero-order valence-electron chi connectivity index (χ0n) is 16.7. The maximum atomic E-state index is 12.5. The van der Waals surface area contributed by atoms with Gasteiger partial charge in [0.2, 0.25) is 0 Å². The number of anilines is 1. The number of hydrogen-bond acceptors (Lipinski definition) is 4. The number of carbonyl (C=O) groups is 2. The lowest BCUT2D eigenvalue weighted by atomic mass is 9.92. The van der Waals surface area contributed by atoms with Gasteiger partial charge in [-0.05, 0) is 24.3 Å². The zero-order chi connectivity index (χ0) is 21.0. The quantitative estimate of drug-likeness (QED) is 0.672. The van der Waals surface area contributed by atoms with Crippen molar-refractivity contribution in [1.82, 2.24) is 9.78 Å². The number of primary amides is 1. The lowest BCUT2D eigenvalue weighted by Crippen LogP contribution is -2.23. The molecule has 0 radical (unpaired) electrons. The van der Waals surface area contributed by atoms with Crippen molar-refractivity contribution in [2.75, 3.05) is 11.9 Å². The molecule has 150 valence electrons. The van der Waals surface area contributed by atoms with Crippen LogP contribution in [0, 0.1) is 0 Å². The minimum atomic E-state index is -0.613. The number of nitrogens with zero attached hydrogens (tertiary/aromatic N) is 2. The van der Waals surface area contributed by atoms with E-state index in [9.17, 15) is 9.59 Å². The Hall–Kier alpha value is -3.61. The summed E-state index contributed by atoms with van der Waals surface area (Å²) in [6, 6.07) is 17.9. The molecule has 3 rings (SSSR count). The zero-order valence-corrected chi connectivity index (χ0v) is 16.7. The Balaban J connectivity index is 1.80. The second-order valence-corrected chi connectivity index (χ2v) is 7.61. The molecule has 29 heavy (non-hydrogen) atoms. The van der Waals surface area contributed by atoms with Crippen LogP contribution in [0.3, 0.4) is 0 Å². The van der Waals surface area contributed by atoms with E-state index in [1.54, 1.807) is 28.9 Å². The van der Waals surface area contributed by atoms with Crippen LogP contribution in [0.4, 0.5) is 5.82 Å². The number of rotatable bonds is 6. The lowest BCUT2D eigenvalue weighted by molar-refractivity contribution is -0.118. The molecular formula is C22H24N4O3. The van der Waals surface area contributed by atoms with Crippen LogP contribution in [0.5, 0.6) is 5.75 Å². The summed E-state index contributed by atoms with van der Waals surface area (Å²) in [6.07, 6.45) is 0. The summed E-state index contributed by atoms with van der Waals surface area (Å²) in [5.74, 6) is -0.181. The Labute approximate surface area is 169 Å². The van der Waals surface area contributed by atoms with Gasteiger partial charge < -0.3 is 15.8 Å². The van der Waals surface area contributed by atoms with Gasteiger partial charge in [0.25, 0.3) is 11.8 Å². The average molecular weight is 392 g/mol. The number of nitrogens with two attached hydrogens (primary N) is 1. The van der Waals surface area contributed by atoms with Gasteiger partial charge in [0, 0.05) is 11.5 Å². The molecule has 7 nitrogen and oxygen atoms in total. The van der Waals surface area contributed by atoms with Crippen LogP contribution in [0.2, 0.25) is 0 Å². The number of carbonyl (C=O) groups excluding carboxylic acids is 2. The minimum Gasteiger partial charge on any atom is -0.483 e. The topological polar surface area (TPSA) is 99.2 Å². The third kappa shape index (κ3) is 4.82. The molecule has 2 amide bonds. The van der Waals surface area contributed by atoms with Crippen molar-refractivity contribution in [2.45, 2.75) is 26.2 Å². The van der Waals surface area contributed by atoms with Crippen molar-refractivity contribution in [1.29, 1.82) is 0 Å². The Kier molecular flexibility index (Phi) is 5.68. The van der Waals surface area contributed by atoms with E-state index in [2.05, 4.69) is 31.2 Å². The van der Waals surface area contributed by atoms with E-state index in [4.69, 9.17) is 10.5 Å². The first-order chi connectivity index (χ1) is 13.8. The van der Waals surface area contributed by atoms with Crippen molar-refractivity contribution in [3.63, 3.8) is 0 Å². The lowest BCUT2D eigenvalue weighted by Gasteiger charge is -2.14.